The molecule has 0 radical (unpaired) electrons. The van der Waals surface area contributed by atoms with Crippen molar-refractivity contribution in [2.75, 3.05) is 7.11 Å². The molecule has 3 heteroatoms. The molecule has 1 aromatic rings. The van der Waals surface area contributed by atoms with Gasteiger partial charge in [0.25, 0.3) is 0 Å². The van der Waals surface area contributed by atoms with E-state index in [2.05, 4.69) is 6.07 Å². The van der Waals surface area contributed by atoms with Crippen LogP contribution in [0.3, 0.4) is 0 Å². The molecule has 1 atom stereocenters. The van der Waals surface area contributed by atoms with E-state index >= 15 is 0 Å². The molecule has 17 heavy (non-hydrogen) atoms. The molecule has 0 aromatic heterocycles. The van der Waals surface area contributed by atoms with Crippen LogP contribution >= 0.6 is 0 Å². The number of benzene rings is 1. The van der Waals surface area contributed by atoms with Gasteiger partial charge in [0.1, 0.15) is 5.75 Å². The van der Waals surface area contributed by atoms with Crippen LogP contribution in [0, 0.1) is 0 Å². The van der Waals surface area contributed by atoms with Crippen LogP contribution in [0.2, 0.25) is 0 Å². The summed E-state index contributed by atoms with van der Waals surface area (Å²) >= 11 is 0. The molecule has 0 aliphatic heterocycles. The number of rotatable bonds is 3. The van der Waals surface area contributed by atoms with Crippen molar-refractivity contribution in [1.82, 2.24) is 0 Å². The number of hydrogen-bond donors (Lipinski definition) is 1. The Morgan fingerprint density at radius 1 is 1.47 bits per heavy atom. The first-order valence-electron chi connectivity index (χ1n) is 5.77. The molecule has 0 saturated carbocycles. The number of carboxylic acid groups (broad SMARTS) is 1. The molecule has 0 spiro atoms. The average molecular weight is 232 g/mol. The van der Waals surface area contributed by atoms with E-state index in [1.165, 1.54) is 5.56 Å². The van der Waals surface area contributed by atoms with Crippen LogP contribution in [0.25, 0.3) is 0 Å². The summed E-state index contributed by atoms with van der Waals surface area (Å²) in [5, 5.41) is 8.89. The number of hydrogen-bond acceptors (Lipinski definition) is 2. The van der Waals surface area contributed by atoms with Gasteiger partial charge in [0.2, 0.25) is 0 Å². The molecule has 0 heterocycles. The molecular weight excluding hydrogens is 216 g/mol. The van der Waals surface area contributed by atoms with Crippen molar-refractivity contribution in [3.05, 3.63) is 41.5 Å². The summed E-state index contributed by atoms with van der Waals surface area (Å²) < 4.78 is 5.20. The maximum Gasteiger partial charge on any atom is 0.331 e. The summed E-state index contributed by atoms with van der Waals surface area (Å²) in [6.07, 6.45) is 4.19. The van der Waals surface area contributed by atoms with E-state index in [9.17, 15) is 4.79 Å². The summed E-state index contributed by atoms with van der Waals surface area (Å²) in [6.45, 7) is 0. The summed E-state index contributed by atoms with van der Waals surface area (Å²) in [6, 6.07) is 8.01. The average Bonchev–Trinajstić information content (AvgIpc) is 2.39. The van der Waals surface area contributed by atoms with E-state index in [0.717, 1.165) is 18.6 Å². The summed E-state index contributed by atoms with van der Waals surface area (Å²) in [5.41, 5.74) is 1.77. The first kappa shape index (κ1) is 11.7. The topological polar surface area (TPSA) is 46.5 Å². The molecule has 3 nitrogen and oxygen atoms in total. The zero-order chi connectivity index (χ0) is 12.3. The van der Waals surface area contributed by atoms with Crippen LogP contribution in [0.1, 0.15) is 30.7 Å². The van der Waals surface area contributed by atoms with Gasteiger partial charge in [-0.1, -0.05) is 18.2 Å². The number of carbonyl (C=O) groups is 1. The molecule has 1 aliphatic rings. The SMILES string of the molecule is COc1cccc(C2CC=C(C(=O)O)CC2)c1. The Bertz CT molecular complexity index is 449. The highest BCUT2D eigenvalue weighted by Gasteiger charge is 2.19. The maximum absolute atomic E-state index is 10.8. The Labute approximate surface area is 101 Å². The van der Waals surface area contributed by atoms with E-state index in [1.807, 2.05) is 24.3 Å². The maximum atomic E-state index is 10.8. The smallest absolute Gasteiger partial charge is 0.331 e. The van der Waals surface area contributed by atoms with Gasteiger partial charge in [0, 0.05) is 5.57 Å². The quantitative estimate of drug-likeness (QED) is 0.871. The zero-order valence-corrected chi connectivity index (χ0v) is 9.85. The fourth-order valence-corrected chi connectivity index (χ4v) is 2.23. The minimum atomic E-state index is -0.783. The van der Waals surface area contributed by atoms with Gasteiger partial charge in [-0.2, -0.15) is 0 Å². The third kappa shape index (κ3) is 2.67. The number of aliphatic carboxylic acids is 1. The Hall–Kier alpha value is -1.77. The van der Waals surface area contributed by atoms with Crippen molar-refractivity contribution in [1.29, 1.82) is 0 Å². The van der Waals surface area contributed by atoms with E-state index in [-0.39, 0.29) is 0 Å². The molecule has 0 saturated heterocycles. The second-order valence-corrected chi connectivity index (χ2v) is 4.28. The lowest BCUT2D eigenvalue weighted by Gasteiger charge is -2.21. The Morgan fingerprint density at radius 3 is 2.88 bits per heavy atom. The highest BCUT2D eigenvalue weighted by molar-refractivity contribution is 5.86. The highest BCUT2D eigenvalue weighted by atomic mass is 16.5. The van der Waals surface area contributed by atoms with Crippen LogP contribution in [0.15, 0.2) is 35.9 Å². The second kappa shape index (κ2) is 5.04. The van der Waals surface area contributed by atoms with Crippen molar-refractivity contribution >= 4 is 5.97 Å². The molecular formula is C14H16O3. The predicted octanol–water partition coefficient (Wildman–Crippen LogP) is 2.97. The van der Waals surface area contributed by atoms with Gasteiger partial charge >= 0.3 is 5.97 Å². The number of methoxy groups -OCH3 is 1. The second-order valence-electron chi connectivity index (χ2n) is 4.28. The molecule has 0 fully saturated rings. The van der Waals surface area contributed by atoms with Crippen LogP contribution in [-0.2, 0) is 4.79 Å². The lowest BCUT2D eigenvalue weighted by Crippen LogP contribution is -2.09. The Morgan fingerprint density at radius 2 is 2.29 bits per heavy atom. The van der Waals surface area contributed by atoms with Crippen LogP contribution in [0.5, 0.6) is 5.75 Å². The Balaban J connectivity index is 2.12. The minimum Gasteiger partial charge on any atom is -0.497 e. The predicted molar refractivity (Wildman–Crippen MR) is 65.3 cm³/mol. The normalized spacial score (nSPS) is 19.6. The molecule has 1 aromatic carbocycles. The van der Waals surface area contributed by atoms with Gasteiger partial charge in [0.15, 0.2) is 0 Å². The number of carboxylic acids is 1. The first-order valence-corrected chi connectivity index (χ1v) is 5.77. The van der Waals surface area contributed by atoms with Crippen molar-refractivity contribution in [2.45, 2.75) is 25.2 Å². The fraction of sp³-hybridized carbons (Fsp3) is 0.357. The molecule has 1 N–H and O–H groups in total. The van der Waals surface area contributed by atoms with E-state index in [0.29, 0.717) is 17.9 Å². The summed E-state index contributed by atoms with van der Waals surface area (Å²) in [7, 11) is 1.66. The van der Waals surface area contributed by atoms with E-state index in [1.54, 1.807) is 7.11 Å². The largest absolute Gasteiger partial charge is 0.497 e. The first-order chi connectivity index (χ1) is 8.20. The third-order valence-electron chi connectivity index (χ3n) is 3.25. The molecule has 2 rings (SSSR count). The van der Waals surface area contributed by atoms with Gasteiger partial charge in [-0.05, 0) is 42.9 Å². The van der Waals surface area contributed by atoms with Crippen molar-refractivity contribution < 1.29 is 14.6 Å². The third-order valence-corrected chi connectivity index (χ3v) is 3.25. The lowest BCUT2D eigenvalue weighted by atomic mass is 9.84. The highest BCUT2D eigenvalue weighted by Crippen LogP contribution is 2.33. The molecule has 1 aliphatic carbocycles. The van der Waals surface area contributed by atoms with E-state index in [4.69, 9.17) is 9.84 Å². The lowest BCUT2D eigenvalue weighted by molar-refractivity contribution is -0.132. The van der Waals surface area contributed by atoms with Gasteiger partial charge in [0.05, 0.1) is 7.11 Å². The summed E-state index contributed by atoms with van der Waals surface area (Å²) in [4.78, 5) is 10.8. The van der Waals surface area contributed by atoms with Crippen molar-refractivity contribution in [3.8, 4) is 5.75 Å². The molecule has 0 amide bonds. The summed E-state index contributed by atoms with van der Waals surface area (Å²) in [5.74, 6) is 0.484. The monoisotopic (exact) mass is 232 g/mol. The molecule has 0 bridgehead atoms. The van der Waals surface area contributed by atoms with E-state index < -0.39 is 5.97 Å². The standard InChI is InChI=1S/C14H16O3/c1-17-13-4-2-3-12(9-13)10-5-7-11(8-6-10)14(15)16/h2-4,7,9-10H,5-6,8H2,1H3,(H,15,16). The van der Waals surface area contributed by atoms with Gasteiger partial charge < -0.3 is 9.84 Å². The zero-order valence-electron chi connectivity index (χ0n) is 9.85. The fourth-order valence-electron chi connectivity index (χ4n) is 2.23. The van der Waals surface area contributed by atoms with Crippen molar-refractivity contribution in [2.24, 2.45) is 0 Å². The molecule has 90 valence electrons. The number of ether oxygens (including phenoxy) is 1. The van der Waals surface area contributed by atoms with Crippen LogP contribution in [-0.4, -0.2) is 18.2 Å². The van der Waals surface area contributed by atoms with Gasteiger partial charge in [-0.15, -0.1) is 0 Å². The van der Waals surface area contributed by atoms with Crippen LogP contribution in [0.4, 0.5) is 0 Å². The number of allylic oxidation sites excluding steroid dienone is 1. The van der Waals surface area contributed by atoms with Gasteiger partial charge in [-0.25, -0.2) is 4.79 Å². The Kier molecular flexibility index (Phi) is 3.47. The van der Waals surface area contributed by atoms with Crippen molar-refractivity contribution in [3.63, 3.8) is 0 Å². The van der Waals surface area contributed by atoms with Crippen LogP contribution < -0.4 is 4.74 Å². The molecule has 1 unspecified atom stereocenters. The van der Waals surface area contributed by atoms with Gasteiger partial charge in [-0.3, -0.25) is 0 Å². The minimum absolute atomic E-state index is 0.410.